The first kappa shape index (κ1) is 15.3. The number of carboxylic acids is 1. The number of carboxylic acid groups (broad SMARTS) is 1. The normalized spacial score (nSPS) is 22.1. The molecule has 3 rings (SSSR count). The number of rotatable bonds is 4. The van der Waals surface area contributed by atoms with Crippen LogP contribution in [0.15, 0.2) is 18.2 Å². The van der Waals surface area contributed by atoms with E-state index in [0.717, 1.165) is 42.5 Å². The Labute approximate surface area is 134 Å². The molecular formula is C16H20ClN3O2. The highest BCUT2D eigenvalue weighted by Crippen LogP contribution is 2.25. The van der Waals surface area contributed by atoms with Crippen LogP contribution in [0.1, 0.15) is 31.5 Å². The third kappa shape index (κ3) is 3.10. The third-order valence-corrected chi connectivity index (χ3v) is 4.80. The zero-order valence-electron chi connectivity index (χ0n) is 12.6. The van der Waals surface area contributed by atoms with E-state index in [9.17, 15) is 4.79 Å². The molecule has 1 aliphatic carbocycles. The quantitative estimate of drug-likeness (QED) is 0.908. The number of fused-ring (bicyclic) bond motifs is 1. The van der Waals surface area contributed by atoms with Crippen molar-refractivity contribution in [1.29, 1.82) is 0 Å². The van der Waals surface area contributed by atoms with E-state index in [-0.39, 0.29) is 5.92 Å². The van der Waals surface area contributed by atoms with Gasteiger partial charge in [-0.25, -0.2) is 4.98 Å². The van der Waals surface area contributed by atoms with Crippen LogP contribution in [0, 0.1) is 5.92 Å². The molecule has 6 heteroatoms. The topological polar surface area (TPSA) is 67.2 Å². The van der Waals surface area contributed by atoms with E-state index in [2.05, 4.69) is 14.9 Å². The number of nitrogens with zero attached hydrogens (tertiary/aromatic N) is 2. The molecule has 1 aliphatic rings. The molecule has 118 valence electrons. The summed E-state index contributed by atoms with van der Waals surface area (Å²) in [5.74, 6) is 0.138. The van der Waals surface area contributed by atoms with E-state index in [1.165, 1.54) is 0 Å². The summed E-state index contributed by atoms with van der Waals surface area (Å²) < 4.78 is 2.07. The molecule has 0 spiro atoms. The van der Waals surface area contributed by atoms with Crippen LogP contribution >= 0.6 is 11.6 Å². The van der Waals surface area contributed by atoms with Crippen molar-refractivity contribution in [2.75, 3.05) is 0 Å². The van der Waals surface area contributed by atoms with Gasteiger partial charge in [0.05, 0.1) is 23.5 Å². The molecule has 0 radical (unpaired) electrons. The second kappa shape index (κ2) is 6.26. The van der Waals surface area contributed by atoms with Crippen LogP contribution in [0.2, 0.25) is 5.02 Å². The Morgan fingerprint density at radius 2 is 2.14 bits per heavy atom. The van der Waals surface area contributed by atoms with Gasteiger partial charge in [0.15, 0.2) is 0 Å². The lowest BCUT2D eigenvalue weighted by Crippen LogP contribution is -2.35. The maximum atomic E-state index is 11.0. The lowest BCUT2D eigenvalue weighted by Gasteiger charge is -2.26. The number of imidazole rings is 1. The van der Waals surface area contributed by atoms with Crippen molar-refractivity contribution < 1.29 is 9.90 Å². The van der Waals surface area contributed by atoms with Gasteiger partial charge < -0.3 is 15.0 Å². The van der Waals surface area contributed by atoms with Crippen LogP contribution in [0.5, 0.6) is 0 Å². The predicted octanol–water partition coefficient (Wildman–Crippen LogP) is 2.96. The van der Waals surface area contributed by atoms with Gasteiger partial charge in [-0.15, -0.1) is 0 Å². The molecule has 2 N–H and O–H groups in total. The summed E-state index contributed by atoms with van der Waals surface area (Å²) in [7, 11) is 2.00. The van der Waals surface area contributed by atoms with Crippen molar-refractivity contribution in [1.82, 2.24) is 14.9 Å². The molecule has 0 aliphatic heterocycles. The van der Waals surface area contributed by atoms with Crippen molar-refractivity contribution in [3.05, 3.63) is 29.0 Å². The number of aromatic nitrogens is 2. The SMILES string of the molecule is Cn1c(CNC2CCC(C(=O)O)CC2)nc2cc(Cl)ccc21. The summed E-state index contributed by atoms with van der Waals surface area (Å²) in [6.07, 6.45) is 3.33. The van der Waals surface area contributed by atoms with Crippen LogP contribution < -0.4 is 5.32 Å². The van der Waals surface area contributed by atoms with Gasteiger partial charge in [-0.3, -0.25) is 4.79 Å². The second-order valence-corrected chi connectivity index (χ2v) is 6.42. The van der Waals surface area contributed by atoms with Crippen LogP contribution in [-0.4, -0.2) is 26.7 Å². The van der Waals surface area contributed by atoms with Gasteiger partial charge >= 0.3 is 5.97 Å². The maximum Gasteiger partial charge on any atom is 0.306 e. The van der Waals surface area contributed by atoms with E-state index < -0.39 is 5.97 Å². The number of benzene rings is 1. The Hall–Kier alpha value is -1.59. The molecule has 1 heterocycles. The fourth-order valence-corrected chi connectivity index (χ4v) is 3.33. The van der Waals surface area contributed by atoms with E-state index in [4.69, 9.17) is 16.7 Å². The molecule has 1 fully saturated rings. The predicted molar refractivity (Wildman–Crippen MR) is 85.9 cm³/mol. The molecule has 1 aromatic carbocycles. The zero-order chi connectivity index (χ0) is 15.7. The van der Waals surface area contributed by atoms with Gasteiger partial charge in [0.2, 0.25) is 0 Å². The molecule has 0 unspecified atom stereocenters. The lowest BCUT2D eigenvalue weighted by molar-refractivity contribution is -0.142. The van der Waals surface area contributed by atoms with E-state index in [1.54, 1.807) is 0 Å². The van der Waals surface area contributed by atoms with Crippen molar-refractivity contribution in [2.45, 2.75) is 38.3 Å². The molecule has 0 saturated heterocycles. The van der Waals surface area contributed by atoms with E-state index >= 15 is 0 Å². The molecule has 1 aromatic heterocycles. The second-order valence-electron chi connectivity index (χ2n) is 5.99. The molecular weight excluding hydrogens is 302 g/mol. The minimum Gasteiger partial charge on any atom is -0.481 e. The van der Waals surface area contributed by atoms with Gasteiger partial charge in [-0.1, -0.05) is 11.6 Å². The van der Waals surface area contributed by atoms with Crippen molar-refractivity contribution in [2.24, 2.45) is 13.0 Å². The molecule has 1 saturated carbocycles. The van der Waals surface area contributed by atoms with Gasteiger partial charge in [-0.05, 0) is 43.9 Å². The molecule has 22 heavy (non-hydrogen) atoms. The molecule has 2 aromatic rings. The Kier molecular flexibility index (Phi) is 4.36. The summed E-state index contributed by atoms with van der Waals surface area (Å²) in [5, 5.41) is 13.2. The fraction of sp³-hybridized carbons (Fsp3) is 0.500. The van der Waals surface area contributed by atoms with E-state index in [0.29, 0.717) is 17.6 Å². The van der Waals surface area contributed by atoms with Crippen LogP contribution in [0.4, 0.5) is 0 Å². The number of aryl methyl sites for hydroxylation is 1. The smallest absolute Gasteiger partial charge is 0.306 e. The highest BCUT2D eigenvalue weighted by Gasteiger charge is 2.25. The minimum atomic E-state index is -0.661. The van der Waals surface area contributed by atoms with Crippen molar-refractivity contribution in [3.63, 3.8) is 0 Å². The summed E-state index contributed by atoms with van der Waals surface area (Å²) in [6.45, 7) is 0.686. The summed E-state index contributed by atoms with van der Waals surface area (Å²) >= 11 is 6.01. The summed E-state index contributed by atoms with van der Waals surface area (Å²) in [5.41, 5.74) is 1.97. The molecule has 5 nitrogen and oxygen atoms in total. The Morgan fingerprint density at radius 3 is 2.82 bits per heavy atom. The molecule has 0 atom stereocenters. The Bertz CT molecular complexity index is 690. The Balaban J connectivity index is 1.63. The first-order chi connectivity index (χ1) is 10.5. The summed E-state index contributed by atoms with van der Waals surface area (Å²) in [6, 6.07) is 6.10. The third-order valence-electron chi connectivity index (χ3n) is 4.56. The summed E-state index contributed by atoms with van der Waals surface area (Å²) in [4.78, 5) is 15.6. The van der Waals surface area contributed by atoms with Gasteiger partial charge in [0.25, 0.3) is 0 Å². The Morgan fingerprint density at radius 1 is 1.41 bits per heavy atom. The van der Waals surface area contributed by atoms with Gasteiger partial charge in [-0.2, -0.15) is 0 Å². The largest absolute Gasteiger partial charge is 0.481 e. The van der Waals surface area contributed by atoms with Crippen molar-refractivity contribution in [3.8, 4) is 0 Å². The van der Waals surface area contributed by atoms with Crippen LogP contribution in [0.3, 0.4) is 0 Å². The monoisotopic (exact) mass is 321 g/mol. The first-order valence-electron chi connectivity index (χ1n) is 7.61. The number of hydrogen-bond donors (Lipinski definition) is 2. The number of carbonyl (C=O) groups is 1. The highest BCUT2D eigenvalue weighted by atomic mass is 35.5. The average molecular weight is 322 g/mol. The maximum absolute atomic E-state index is 11.0. The minimum absolute atomic E-state index is 0.170. The average Bonchev–Trinajstić information content (AvgIpc) is 2.81. The van der Waals surface area contributed by atoms with Crippen molar-refractivity contribution >= 4 is 28.6 Å². The van der Waals surface area contributed by atoms with Crippen LogP contribution in [0.25, 0.3) is 11.0 Å². The number of hydrogen-bond acceptors (Lipinski definition) is 3. The molecule has 0 amide bonds. The number of halogens is 1. The highest BCUT2D eigenvalue weighted by molar-refractivity contribution is 6.31. The van der Waals surface area contributed by atoms with Crippen LogP contribution in [-0.2, 0) is 18.4 Å². The lowest BCUT2D eigenvalue weighted by atomic mass is 9.86. The van der Waals surface area contributed by atoms with Gasteiger partial charge in [0.1, 0.15) is 5.82 Å². The fourth-order valence-electron chi connectivity index (χ4n) is 3.16. The number of nitrogens with one attached hydrogen (secondary N) is 1. The standard InChI is InChI=1S/C16H20ClN3O2/c1-20-14-7-4-11(17)8-13(14)19-15(20)9-18-12-5-2-10(3-6-12)16(21)22/h4,7-8,10,12,18H,2-3,5-6,9H2,1H3,(H,21,22). The first-order valence-corrected chi connectivity index (χ1v) is 7.99. The number of aliphatic carboxylic acids is 1. The zero-order valence-corrected chi connectivity index (χ0v) is 13.3. The van der Waals surface area contributed by atoms with E-state index in [1.807, 2.05) is 25.2 Å². The van der Waals surface area contributed by atoms with Gasteiger partial charge in [0, 0.05) is 18.1 Å². The molecule has 0 bridgehead atoms.